The van der Waals surface area contributed by atoms with Gasteiger partial charge in [-0.3, -0.25) is 0 Å². The van der Waals surface area contributed by atoms with Crippen LogP contribution >= 0.6 is 0 Å². The monoisotopic (exact) mass is 155 g/mol. The minimum Gasteiger partial charge on any atom is -0.316 e. The molecule has 0 aliphatic carbocycles. The lowest BCUT2D eigenvalue weighted by Gasteiger charge is -2.03. The van der Waals surface area contributed by atoms with Crippen LogP contribution in [0.4, 0.5) is 4.39 Å². The van der Waals surface area contributed by atoms with Crippen molar-refractivity contribution >= 4 is 0 Å². The summed E-state index contributed by atoms with van der Waals surface area (Å²) in [4.78, 5) is 0. The van der Waals surface area contributed by atoms with Crippen molar-refractivity contribution in [3.63, 3.8) is 0 Å². The zero-order chi connectivity index (χ0) is 8.10. The largest absolute Gasteiger partial charge is 0.316 e. The Morgan fingerprint density at radius 2 is 1.91 bits per heavy atom. The molecule has 0 bridgehead atoms. The topological polar surface area (TPSA) is 32.3 Å². The van der Waals surface area contributed by atoms with Gasteiger partial charge in [0.2, 0.25) is 0 Å². The van der Waals surface area contributed by atoms with Crippen LogP contribution in [-0.4, -0.2) is 5.21 Å². The van der Waals surface area contributed by atoms with Crippen LogP contribution in [0.5, 0.6) is 0 Å². The third-order valence-corrected chi connectivity index (χ3v) is 1.53. The zero-order valence-corrected chi connectivity index (χ0v) is 6.05. The first-order valence-corrected chi connectivity index (χ1v) is 3.38. The average Bonchev–Trinajstić information content (AvgIpc) is 2.06. The predicted molar refractivity (Wildman–Crippen MR) is 39.9 cm³/mol. The van der Waals surface area contributed by atoms with Crippen LogP contribution < -0.4 is 5.48 Å². The number of hydroxylamine groups is 1. The second-order valence-corrected chi connectivity index (χ2v) is 2.24. The second-order valence-electron chi connectivity index (χ2n) is 2.24. The summed E-state index contributed by atoms with van der Waals surface area (Å²) in [6.45, 7) is -0.196. The van der Waals surface area contributed by atoms with E-state index in [4.69, 9.17) is 5.21 Å². The minimum atomic E-state index is -0.488. The minimum absolute atomic E-state index is 0.292. The van der Waals surface area contributed by atoms with Gasteiger partial charge in [-0.1, -0.05) is 24.3 Å². The highest BCUT2D eigenvalue weighted by molar-refractivity contribution is 5.25. The molecule has 0 atom stereocenters. The van der Waals surface area contributed by atoms with E-state index in [9.17, 15) is 4.39 Å². The van der Waals surface area contributed by atoms with E-state index in [1.807, 2.05) is 11.5 Å². The third kappa shape index (κ3) is 2.00. The third-order valence-electron chi connectivity index (χ3n) is 1.53. The molecule has 0 saturated carbocycles. The maximum atomic E-state index is 12.2. The van der Waals surface area contributed by atoms with Crippen molar-refractivity contribution in [1.82, 2.24) is 5.48 Å². The smallest absolute Gasteiger partial charge is 0.115 e. The van der Waals surface area contributed by atoms with E-state index in [1.54, 1.807) is 18.2 Å². The molecular formula is C8H10FNO. The Morgan fingerprint density at radius 3 is 2.45 bits per heavy atom. The summed E-state index contributed by atoms with van der Waals surface area (Å²) in [5.41, 5.74) is 3.40. The molecule has 11 heavy (non-hydrogen) atoms. The van der Waals surface area contributed by atoms with Crippen LogP contribution in [0.2, 0.25) is 0 Å². The summed E-state index contributed by atoms with van der Waals surface area (Å²) in [6, 6.07) is 7.06. The number of halogens is 1. The predicted octanol–water partition coefficient (Wildman–Crippen LogP) is 1.63. The van der Waals surface area contributed by atoms with Gasteiger partial charge in [0.25, 0.3) is 0 Å². The molecular weight excluding hydrogens is 145 g/mol. The molecule has 0 saturated heterocycles. The fourth-order valence-electron chi connectivity index (χ4n) is 0.945. The van der Waals surface area contributed by atoms with Gasteiger partial charge in [0.05, 0.1) is 0 Å². The van der Waals surface area contributed by atoms with E-state index in [2.05, 4.69) is 0 Å². The fraction of sp³-hybridized carbons (Fsp3) is 0.250. The van der Waals surface area contributed by atoms with E-state index >= 15 is 0 Å². The molecule has 3 heteroatoms. The van der Waals surface area contributed by atoms with Crippen molar-refractivity contribution in [3.8, 4) is 0 Å². The van der Waals surface area contributed by atoms with Crippen LogP contribution in [0, 0.1) is 0 Å². The van der Waals surface area contributed by atoms with E-state index in [0.29, 0.717) is 12.1 Å². The Labute approximate surface area is 64.6 Å². The van der Waals surface area contributed by atoms with Crippen molar-refractivity contribution in [3.05, 3.63) is 35.4 Å². The molecule has 1 aromatic carbocycles. The Bertz CT molecular complexity index is 227. The number of hydrogen-bond donors (Lipinski definition) is 2. The van der Waals surface area contributed by atoms with Gasteiger partial charge in [0.1, 0.15) is 6.67 Å². The molecule has 0 radical (unpaired) electrons. The van der Waals surface area contributed by atoms with E-state index in [-0.39, 0.29) is 0 Å². The average molecular weight is 155 g/mol. The van der Waals surface area contributed by atoms with Gasteiger partial charge in [-0.25, -0.2) is 9.87 Å². The van der Waals surface area contributed by atoms with E-state index < -0.39 is 6.67 Å². The number of nitrogens with one attached hydrogen (secondary N) is 1. The van der Waals surface area contributed by atoms with Gasteiger partial charge in [-0.05, 0) is 11.1 Å². The molecule has 2 N–H and O–H groups in total. The van der Waals surface area contributed by atoms with E-state index in [1.165, 1.54) is 0 Å². The van der Waals surface area contributed by atoms with Gasteiger partial charge in [-0.2, -0.15) is 0 Å². The van der Waals surface area contributed by atoms with Gasteiger partial charge in [0.15, 0.2) is 0 Å². The summed E-state index contributed by atoms with van der Waals surface area (Å²) >= 11 is 0. The van der Waals surface area contributed by atoms with Crippen molar-refractivity contribution in [1.29, 1.82) is 0 Å². The number of alkyl halides is 1. The number of rotatable bonds is 3. The molecule has 1 rings (SSSR count). The van der Waals surface area contributed by atoms with E-state index in [0.717, 1.165) is 5.56 Å². The highest BCUT2D eigenvalue weighted by atomic mass is 19.1. The molecule has 0 aliphatic heterocycles. The maximum Gasteiger partial charge on any atom is 0.115 e. The fourth-order valence-corrected chi connectivity index (χ4v) is 0.945. The SMILES string of the molecule is ONCc1ccccc1CF. The van der Waals surface area contributed by atoms with Gasteiger partial charge < -0.3 is 5.21 Å². The first kappa shape index (κ1) is 8.17. The van der Waals surface area contributed by atoms with Crippen LogP contribution in [0.3, 0.4) is 0 Å². The normalized spacial score (nSPS) is 10.0. The summed E-state index contributed by atoms with van der Waals surface area (Å²) in [6.07, 6.45) is 0. The highest BCUT2D eigenvalue weighted by Gasteiger charge is 1.98. The van der Waals surface area contributed by atoms with Crippen LogP contribution in [0.1, 0.15) is 11.1 Å². The molecule has 2 nitrogen and oxygen atoms in total. The highest BCUT2D eigenvalue weighted by Crippen LogP contribution is 2.08. The van der Waals surface area contributed by atoms with Crippen molar-refractivity contribution in [2.75, 3.05) is 0 Å². The summed E-state index contributed by atoms with van der Waals surface area (Å²) in [7, 11) is 0. The Morgan fingerprint density at radius 1 is 1.27 bits per heavy atom. The summed E-state index contributed by atoms with van der Waals surface area (Å²) in [5.74, 6) is 0. The standard InChI is InChI=1S/C8H10FNO/c9-5-7-3-1-2-4-8(7)6-10-11/h1-4,10-11H,5-6H2. The first-order valence-electron chi connectivity index (χ1n) is 3.38. The summed E-state index contributed by atoms with van der Waals surface area (Å²) in [5, 5.41) is 8.37. The molecule has 0 unspecified atom stereocenters. The molecule has 0 fully saturated rings. The van der Waals surface area contributed by atoms with Crippen molar-refractivity contribution < 1.29 is 9.60 Å². The zero-order valence-electron chi connectivity index (χ0n) is 6.05. The lowest BCUT2D eigenvalue weighted by atomic mass is 10.1. The Balaban J connectivity index is 2.83. The lowest BCUT2D eigenvalue weighted by molar-refractivity contribution is 0.161. The number of benzene rings is 1. The summed E-state index contributed by atoms with van der Waals surface area (Å²) < 4.78 is 12.2. The van der Waals surface area contributed by atoms with Crippen LogP contribution in [-0.2, 0) is 13.2 Å². The van der Waals surface area contributed by atoms with Crippen molar-refractivity contribution in [2.24, 2.45) is 0 Å². The maximum absolute atomic E-state index is 12.2. The Kier molecular flexibility index (Phi) is 3.01. The second kappa shape index (κ2) is 4.05. The molecule has 0 aliphatic rings. The quantitative estimate of drug-likeness (QED) is 0.650. The molecule has 0 amide bonds. The van der Waals surface area contributed by atoms with Gasteiger partial charge in [-0.15, -0.1) is 0 Å². The molecule has 60 valence electrons. The van der Waals surface area contributed by atoms with Gasteiger partial charge in [0, 0.05) is 6.54 Å². The van der Waals surface area contributed by atoms with Gasteiger partial charge >= 0.3 is 0 Å². The molecule has 0 aromatic heterocycles. The first-order chi connectivity index (χ1) is 5.38. The Hall–Kier alpha value is -0.930. The van der Waals surface area contributed by atoms with Crippen molar-refractivity contribution in [2.45, 2.75) is 13.2 Å². The number of hydrogen-bond acceptors (Lipinski definition) is 2. The van der Waals surface area contributed by atoms with Crippen LogP contribution in [0.25, 0.3) is 0 Å². The lowest BCUT2D eigenvalue weighted by Crippen LogP contribution is -2.07. The molecule has 1 aromatic rings. The van der Waals surface area contributed by atoms with Crippen LogP contribution in [0.15, 0.2) is 24.3 Å². The molecule has 0 spiro atoms. The molecule has 0 heterocycles.